The van der Waals surface area contributed by atoms with Gasteiger partial charge in [-0.1, -0.05) is 0 Å². The summed E-state index contributed by atoms with van der Waals surface area (Å²) in [4.78, 5) is 2.22. The van der Waals surface area contributed by atoms with Gasteiger partial charge in [-0.25, -0.2) is 0 Å². The van der Waals surface area contributed by atoms with Gasteiger partial charge < -0.3 is 15.7 Å². The molecule has 0 aliphatic heterocycles. The highest BCUT2D eigenvalue weighted by Gasteiger charge is 2.28. The van der Waals surface area contributed by atoms with Crippen LogP contribution in [0.1, 0.15) is 26.2 Å². The predicted molar refractivity (Wildman–Crippen MR) is 57.4 cm³/mol. The molecule has 0 saturated heterocycles. The zero-order valence-electron chi connectivity index (χ0n) is 9.03. The average molecular weight is 199 g/mol. The first kappa shape index (κ1) is 11.5. The van der Waals surface area contributed by atoms with E-state index in [4.69, 9.17) is 16.2 Å². The summed E-state index contributed by atoms with van der Waals surface area (Å²) in [7, 11) is 2.05. The maximum absolute atomic E-state index is 9.14. The minimum Gasteiger partial charge on any atom is -0.393 e. The van der Waals surface area contributed by atoms with Gasteiger partial charge in [-0.15, -0.1) is 0 Å². The summed E-state index contributed by atoms with van der Waals surface area (Å²) in [6, 6.07) is 0.324. The first-order valence-electron chi connectivity index (χ1n) is 5.20. The molecule has 1 saturated carbocycles. The van der Waals surface area contributed by atoms with Crippen molar-refractivity contribution in [3.63, 3.8) is 0 Å². The van der Waals surface area contributed by atoms with E-state index in [9.17, 15) is 0 Å². The third-order valence-electron chi connectivity index (χ3n) is 3.02. The number of nitrogens with zero attached hydrogens (tertiary/aromatic N) is 1. The second-order valence-corrected chi connectivity index (χ2v) is 4.51. The van der Waals surface area contributed by atoms with Crippen LogP contribution in [0, 0.1) is 11.3 Å². The zero-order chi connectivity index (χ0) is 10.7. The first-order chi connectivity index (χ1) is 6.49. The molecule has 0 heterocycles. The predicted octanol–water partition coefficient (Wildman–Crippen LogP) is 0.404. The molecule has 1 aliphatic carbocycles. The quantitative estimate of drug-likeness (QED) is 0.443. The molecule has 0 amide bonds. The third kappa shape index (κ3) is 3.27. The van der Waals surface area contributed by atoms with E-state index in [1.54, 1.807) is 0 Å². The van der Waals surface area contributed by atoms with Crippen LogP contribution in [0.4, 0.5) is 0 Å². The van der Waals surface area contributed by atoms with Crippen LogP contribution in [-0.4, -0.2) is 41.6 Å². The molecule has 1 fully saturated rings. The van der Waals surface area contributed by atoms with Gasteiger partial charge in [0.2, 0.25) is 0 Å². The fourth-order valence-corrected chi connectivity index (χ4v) is 1.91. The van der Waals surface area contributed by atoms with E-state index in [0.717, 1.165) is 19.4 Å². The molecule has 82 valence electrons. The van der Waals surface area contributed by atoms with Gasteiger partial charge in [0, 0.05) is 19.0 Å². The fourth-order valence-electron chi connectivity index (χ4n) is 1.91. The van der Waals surface area contributed by atoms with E-state index in [0.29, 0.717) is 18.4 Å². The van der Waals surface area contributed by atoms with Gasteiger partial charge >= 0.3 is 0 Å². The van der Waals surface area contributed by atoms with Crippen molar-refractivity contribution >= 4 is 5.84 Å². The van der Waals surface area contributed by atoms with E-state index in [-0.39, 0.29) is 11.9 Å². The second kappa shape index (κ2) is 4.75. The Bertz CT molecular complexity index is 202. The lowest BCUT2D eigenvalue weighted by molar-refractivity contribution is 0.0236. The molecule has 0 aromatic carbocycles. The minimum atomic E-state index is -0.0727. The van der Waals surface area contributed by atoms with E-state index in [1.165, 1.54) is 0 Å². The Kier molecular flexibility index (Phi) is 3.89. The van der Waals surface area contributed by atoms with Crippen LogP contribution in [0.5, 0.6) is 0 Å². The average Bonchev–Trinajstić information content (AvgIpc) is 2.00. The first-order valence-corrected chi connectivity index (χ1v) is 5.20. The number of amidine groups is 1. The number of hydrogen-bond donors (Lipinski definition) is 3. The smallest absolute Gasteiger partial charge is 0.0920 e. The van der Waals surface area contributed by atoms with Gasteiger partial charge in [0.1, 0.15) is 0 Å². The van der Waals surface area contributed by atoms with Crippen molar-refractivity contribution in [2.75, 3.05) is 13.6 Å². The zero-order valence-corrected chi connectivity index (χ0v) is 9.03. The van der Waals surface area contributed by atoms with Crippen LogP contribution in [0.25, 0.3) is 0 Å². The van der Waals surface area contributed by atoms with Crippen molar-refractivity contribution in [3.05, 3.63) is 0 Å². The molecule has 4 N–H and O–H groups in total. The maximum Gasteiger partial charge on any atom is 0.0920 e. The summed E-state index contributed by atoms with van der Waals surface area (Å²) < 4.78 is 0. The molecule has 0 aromatic rings. The Labute approximate surface area is 85.6 Å². The van der Waals surface area contributed by atoms with Gasteiger partial charge in [0.05, 0.1) is 11.9 Å². The molecule has 1 aliphatic rings. The summed E-state index contributed by atoms with van der Waals surface area (Å²) in [6.07, 6.45) is 2.41. The van der Waals surface area contributed by atoms with Gasteiger partial charge in [0.15, 0.2) is 0 Å². The van der Waals surface area contributed by atoms with Crippen molar-refractivity contribution in [2.45, 2.75) is 38.3 Å². The molecule has 4 heteroatoms. The van der Waals surface area contributed by atoms with Crippen molar-refractivity contribution < 1.29 is 5.11 Å². The molecule has 4 nitrogen and oxygen atoms in total. The topological polar surface area (TPSA) is 73.3 Å². The van der Waals surface area contributed by atoms with Crippen LogP contribution < -0.4 is 5.73 Å². The van der Waals surface area contributed by atoms with Crippen molar-refractivity contribution in [2.24, 2.45) is 11.7 Å². The highest BCUT2D eigenvalue weighted by Crippen LogP contribution is 2.28. The van der Waals surface area contributed by atoms with Crippen molar-refractivity contribution in [3.8, 4) is 0 Å². The van der Waals surface area contributed by atoms with Gasteiger partial charge in [0.25, 0.3) is 0 Å². The SMILES string of the molecule is CC(CC(=N)N)N(C)CC1CC(O)C1. The Hall–Kier alpha value is -0.610. The summed E-state index contributed by atoms with van der Waals surface area (Å²) in [5, 5.41) is 16.3. The molecular formula is C10H21N3O. The molecule has 1 unspecified atom stereocenters. The van der Waals surface area contributed by atoms with Crippen LogP contribution in [-0.2, 0) is 0 Å². The summed E-state index contributed by atoms with van der Waals surface area (Å²) in [6.45, 7) is 3.09. The number of nitrogens with one attached hydrogen (secondary N) is 1. The Morgan fingerprint density at radius 3 is 2.64 bits per heavy atom. The lowest BCUT2D eigenvalue weighted by Gasteiger charge is -2.36. The highest BCUT2D eigenvalue weighted by molar-refractivity contribution is 5.77. The van der Waals surface area contributed by atoms with Gasteiger partial charge in [-0.2, -0.15) is 0 Å². The molecule has 0 spiro atoms. The third-order valence-corrected chi connectivity index (χ3v) is 3.02. The Morgan fingerprint density at radius 1 is 1.64 bits per heavy atom. The van der Waals surface area contributed by atoms with Crippen LogP contribution in [0.2, 0.25) is 0 Å². The maximum atomic E-state index is 9.14. The molecule has 14 heavy (non-hydrogen) atoms. The van der Waals surface area contributed by atoms with Gasteiger partial charge in [-0.3, -0.25) is 5.41 Å². The molecule has 1 atom stereocenters. The second-order valence-electron chi connectivity index (χ2n) is 4.51. The van der Waals surface area contributed by atoms with Crippen LogP contribution in [0.3, 0.4) is 0 Å². The van der Waals surface area contributed by atoms with E-state index < -0.39 is 0 Å². The molecule has 0 bridgehead atoms. The number of aliphatic hydroxyl groups is 1. The number of rotatable bonds is 5. The number of nitrogens with two attached hydrogens (primary N) is 1. The lowest BCUT2D eigenvalue weighted by Crippen LogP contribution is -2.41. The number of hydrogen-bond acceptors (Lipinski definition) is 3. The number of aliphatic hydroxyl groups excluding tert-OH is 1. The standard InChI is InChI=1S/C10H21N3O/c1-7(3-10(11)12)13(2)6-8-4-9(14)5-8/h7-9,14H,3-6H2,1-2H3,(H3,11,12). The summed E-state index contributed by atoms with van der Waals surface area (Å²) in [5.74, 6) is 0.877. The minimum absolute atomic E-state index is 0.0727. The lowest BCUT2D eigenvalue weighted by atomic mass is 9.82. The van der Waals surface area contributed by atoms with E-state index >= 15 is 0 Å². The molecule has 1 rings (SSSR count). The summed E-state index contributed by atoms with van der Waals surface area (Å²) in [5.41, 5.74) is 5.35. The Balaban J connectivity index is 2.20. The largest absolute Gasteiger partial charge is 0.393 e. The van der Waals surface area contributed by atoms with Crippen LogP contribution in [0.15, 0.2) is 0 Å². The van der Waals surface area contributed by atoms with Gasteiger partial charge in [-0.05, 0) is 32.7 Å². The molecule has 0 aromatic heterocycles. The highest BCUT2D eigenvalue weighted by atomic mass is 16.3. The monoisotopic (exact) mass is 199 g/mol. The molecular weight excluding hydrogens is 178 g/mol. The van der Waals surface area contributed by atoms with E-state index in [2.05, 4.69) is 18.9 Å². The van der Waals surface area contributed by atoms with E-state index in [1.807, 2.05) is 0 Å². The fraction of sp³-hybridized carbons (Fsp3) is 0.900. The normalized spacial score (nSPS) is 28.6. The Morgan fingerprint density at radius 2 is 2.21 bits per heavy atom. The summed E-state index contributed by atoms with van der Waals surface area (Å²) >= 11 is 0. The van der Waals surface area contributed by atoms with Crippen LogP contribution >= 0.6 is 0 Å². The molecule has 0 radical (unpaired) electrons. The van der Waals surface area contributed by atoms with Crippen molar-refractivity contribution in [1.29, 1.82) is 5.41 Å². The van der Waals surface area contributed by atoms with Crippen molar-refractivity contribution in [1.82, 2.24) is 4.90 Å².